The van der Waals surface area contributed by atoms with Gasteiger partial charge in [-0.3, -0.25) is 13.9 Å². The molecule has 0 bridgehead atoms. The Morgan fingerprint density at radius 1 is 1.38 bits per heavy atom. The van der Waals surface area contributed by atoms with Crippen LogP contribution in [0.4, 0.5) is 0 Å². The smallest absolute Gasteiger partial charge is 0.236 e. The third-order valence-corrected chi connectivity index (χ3v) is 6.08. The highest BCUT2D eigenvalue weighted by atomic mass is 35.5. The lowest BCUT2D eigenvalue weighted by atomic mass is 10.4. The van der Waals surface area contributed by atoms with Crippen LogP contribution >= 0.6 is 23.7 Å². The van der Waals surface area contributed by atoms with Crippen molar-refractivity contribution in [2.24, 2.45) is 0 Å². The van der Waals surface area contributed by atoms with E-state index in [2.05, 4.69) is 30.1 Å². The van der Waals surface area contributed by atoms with Crippen molar-refractivity contribution in [3.8, 4) is 5.75 Å². The first-order valence-electron chi connectivity index (χ1n) is 9.35. The minimum Gasteiger partial charge on any atom is -0.492 e. The zero-order valence-electron chi connectivity index (χ0n) is 16.8. The van der Waals surface area contributed by atoms with Crippen LogP contribution in [-0.2, 0) is 27.9 Å². The number of halogens is 1. The van der Waals surface area contributed by atoms with Crippen molar-refractivity contribution in [3.05, 3.63) is 52.8 Å². The van der Waals surface area contributed by atoms with Crippen LogP contribution in [0.2, 0.25) is 0 Å². The van der Waals surface area contributed by atoms with E-state index in [0.29, 0.717) is 18.8 Å². The first-order valence-corrected chi connectivity index (χ1v) is 11.7. The van der Waals surface area contributed by atoms with E-state index in [1.54, 1.807) is 29.7 Å². The first kappa shape index (κ1) is 25.4. The van der Waals surface area contributed by atoms with E-state index in [0.717, 1.165) is 25.4 Å². The number of carbonyl (C=O) groups excluding carboxylic acids is 1. The number of carbonyl (C=O) groups is 1. The van der Waals surface area contributed by atoms with Gasteiger partial charge in [0.1, 0.15) is 17.3 Å². The number of amides is 1. The topological polar surface area (TPSA) is 71.8 Å². The molecule has 162 valence electrons. The molecule has 0 spiro atoms. The first-order chi connectivity index (χ1) is 13.6. The highest BCUT2D eigenvalue weighted by molar-refractivity contribution is 7.84. The Kier molecular flexibility index (Phi) is 12.6. The standard InChI is InChI=1S/C20H28N2O4S2.ClH/c1-3-22(4-2)13-19-12-18(14-27-19)26-10-6-5-9-21-20(23)16-28(24)15-17-8-7-11-25-17;/h5,7-9,11-12,14H,3-4,6,10,13,15-16H2,1-2H3,(H,21,23);1H/b9-5-;. The zero-order chi connectivity index (χ0) is 20.2. The molecule has 0 saturated carbocycles. The minimum atomic E-state index is -1.28. The highest BCUT2D eigenvalue weighted by Crippen LogP contribution is 2.23. The fourth-order valence-corrected chi connectivity index (χ4v) is 4.26. The summed E-state index contributed by atoms with van der Waals surface area (Å²) in [7, 11) is -1.28. The summed E-state index contributed by atoms with van der Waals surface area (Å²) in [4.78, 5) is 15.4. The van der Waals surface area contributed by atoms with Crippen molar-refractivity contribution in [1.82, 2.24) is 10.2 Å². The molecule has 6 nitrogen and oxygen atoms in total. The Morgan fingerprint density at radius 2 is 2.17 bits per heavy atom. The van der Waals surface area contributed by atoms with Gasteiger partial charge < -0.3 is 14.5 Å². The van der Waals surface area contributed by atoms with Gasteiger partial charge in [-0.2, -0.15) is 0 Å². The van der Waals surface area contributed by atoms with Gasteiger partial charge in [0.05, 0.1) is 18.6 Å². The average molecular weight is 461 g/mol. The summed E-state index contributed by atoms with van der Waals surface area (Å²) in [5, 5.41) is 4.65. The molecule has 29 heavy (non-hydrogen) atoms. The predicted octanol–water partition coefficient (Wildman–Crippen LogP) is 3.95. The molecule has 0 aliphatic heterocycles. The summed E-state index contributed by atoms with van der Waals surface area (Å²) >= 11 is 1.71. The molecule has 2 heterocycles. The number of furan rings is 1. The quantitative estimate of drug-likeness (QED) is 0.458. The molecular formula is C20H29ClN2O4S2. The molecule has 0 aliphatic rings. The lowest BCUT2D eigenvalue weighted by Gasteiger charge is -2.16. The number of hydrogen-bond acceptors (Lipinski definition) is 6. The third-order valence-electron chi connectivity index (χ3n) is 3.99. The second-order valence-corrected chi connectivity index (χ2v) is 8.58. The number of rotatable bonds is 13. The summed E-state index contributed by atoms with van der Waals surface area (Å²) in [5.41, 5.74) is 0. The summed E-state index contributed by atoms with van der Waals surface area (Å²) in [6.07, 6.45) is 5.61. The molecule has 2 aromatic heterocycles. The second-order valence-electron chi connectivity index (χ2n) is 6.12. The number of nitrogens with zero attached hydrogens (tertiary/aromatic N) is 1. The van der Waals surface area contributed by atoms with Crippen LogP contribution in [0, 0.1) is 0 Å². The monoisotopic (exact) mass is 460 g/mol. The summed E-state index contributed by atoms with van der Waals surface area (Å²) < 4.78 is 22.7. The Bertz CT molecular complexity index is 758. The number of nitrogens with one attached hydrogen (secondary N) is 1. The van der Waals surface area contributed by atoms with E-state index >= 15 is 0 Å². The maximum absolute atomic E-state index is 11.9. The minimum absolute atomic E-state index is 0. The fourth-order valence-electron chi connectivity index (χ4n) is 2.46. The molecule has 1 N–H and O–H groups in total. The van der Waals surface area contributed by atoms with E-state index in [1.165, 1.54) is 11.1 Å². The van der Waals surface area contributed by atoms with E-state index in [-0.39, 0.29) is 29.8 Å². The maximum atomic E-state index is 11.9. The van der Waals surface area contributed by atoms with E-state index in [4.69, 9.17) is 9.15 Å². The van der Waals surface area contributed by atoms with Crippen molar-refractivity contribution in [2.45, 2.75) is 32.6 Å². The van der Waals surface area contributed by atoms with Gasteiger partial charge in [-0.15, -0.1) is 23.7 Å². The molecule has 1 unspecified atom stereocenters. The van der Waals surface area contributed by atoms with Crippen LogP contribution in [0.1, 0.15) is 30.9 Å². The van der Waals surface area contributed by atoms with Crippen LogP contribution in [0.25, 0.3) is 0 Å². The predicted molar refractivity (Wildman–Crippen MR) is 121 cm³/mol. The molecule has 0 aromatic carbocycles. The lowest BCUT2D eigenvalue weighted by Crippen LogP contribution is -2.24. The van der Waals surface area contributed by atoms with Crippen molar-refractivity contribution in [2.75, 3.05) is 25.4 Å². The number of thiophene rings is 1. The van der Waals surface area contributed by atoms with Crippen LogP contribution in [0.3, 0.4) is 0 Å². The lowest BCUT2D eigenvalue weighted by molar-refractivity contribution is -0.117. The Labute approximate surface area is 185 Å². The van der Waals surface area contributed by atoms with Crippen LogP contribution in [0.15, 0.2) is 46.5 Å². The van der Waals surface area contributed by atoms with E-state index in [9.17, 15) is 9.00 Å². The van der Waals surface area contributed by atoms with Gasteiger partial charge in [0, 0.05) is 34.0 Å². The molecule has 1 amide bonds. The van der Waals surface area contributed by atoms with Crippen LogP contribution < -0.4 is 10.1 Å². The summed E-state index contributed by atoms with van der Waals surface area (Å²) in [6.45, 7) is 7.90. The summed E-state index contributed by atoms with van der Waals surface area (Å²) in [5.74, 6) is 1.42. The van der Waals surface area contributed by atoms with Gasteiger partial charge in [0.15, 0.2) is 0 Å². The van der Waals surface area contributed by atoms with E-state index < -0.39 is 10.8 Å². The van der Waals surface area contributed by atoms with Crippen molar-refractivity contribution in [1.29, 1.82) is 0 Å². The molecular weight excluding hydrogens is 432 g/mol. The van der Waals surface area contributed by atoms with Gasteiger partial charge in [0.25, 0.3) is 0 Å². The molecule has 0 radical (unpaired) electrons. The largest absolute Gasteiger partial charge is 0.492 e. The second kappa shape index (κ2) is 14.4. The molecule has 0 fully saturated rings. The van der Waals surface area contributed by atoms with E-state index in [1.807, 2.05) is 11.5 Å². The van der Waals surface area contributed by atoms with Gasteiger partial charge in [-0.25, -0.2) is 0 Å². The molecule has 0 saturated heterocycles. The molecule has 2 aromatic rings. The maximum Gasteiger partial charge on any atom is 0.236 e. The fraction of sp³-hybridized carbons (Fsp3) is 0.450. The van der Waals surface area contributed by atoms with Crippen LogP contribution in [0.5, 0.6) is 5.75 Å². The average Bonchev–Trinajstić information content (AvgIpc) is 3.34. The SMILES string of the molecule is CCN(CC)Cc1cc(OCC/C=C\NC(=O)CS(=O)Cc2ccco2)cs1.Cl. The Balaban J connectivity index is 0.00000420. The van der Waals surface area contributed by atoms with Gasteiger partial charge >= 0.3 is 0 Å². The van der Waals surface area contributed by atoms with Crippen molar-refractivity contribution >= 4 is 40.5 Å². The normalized spacial score (nSPS) is 12.1. The highest BCUT2D eigenvalue weighted by Gasteiger charge is 2.09. The van der Waals surface area contributed by atoms with Crippen molar-refractivity contribution < 1.29 is 18.2 Å². The molecule has 9 heteroatoms. The Hall–Kier alpha value is -1.61. The molecule has 2 rings (SSSR count). The molecule has 0 aliphatic carbocycles. The van der Waals surface area contributed by atoms with Gasteiger partial charge in [0.2, 0.25) is 5.91 Å². The van der Waals surface area contributed by atoms with Crippen molar-refractivity contribution in [3.63, 3.8) is 0 Å². The zero-order valence-corrected chi connectivity index (χ0v) is 19.2. The number of hydrogen-bond donors (Lipinski definition) is 1. The van der Waals surface area contributed by atoms with Crippen LogP contribution in [-0.4, -0.2) is 40.5 Å². The van der Waals surface area contributed by atoms with Gasteiger partial charge in [-0.05, 0) is 37.5 Å². The Morgan fingerprint density at radius 3 is 2.86 bits per heavy atom. The third kappa shape index (κ3) is 10.1. The van der Waals surface area contributed by atoms with Gasteiger partial charge in [-0.1, -0.05) is 19.9 Å². The molecule has 1 atom stereocenters. The summed E-state index contributed by atoms with van der Waals surface area (Å²) in [6, 6.07) is 5.57. The number of ether oxygens (including phenoxy) is 1.